The minimum atomic E-state index is -3.81. The summed E-state index contributed by atoms with van der Waals surface area (Å²) in [6.07, 6.45) is 1.11. The molecule has 10 heteroatoms. The SMILES string of the molecule is COc1ccc(CNC(=O)CCCN(c2ccc(F)cc2F)S(C)(=O)=O)cc1OC. The van der Waals surface area contributed by atoms with Crippen molar-refractivity contribution >= 4 is 21.6 Å². The lowest BCUT2D eigenvalue weighted by molar-refractivity contribution is -0.121. The fraction of sp³-hybridized carbons (Fsp3) is 0.350. The monoisotopic (exact) mass is 442 g/mol. The predicted octanol–water partition coefficient (Wildman–Crippen LogP) is 2.84. The number of benzene rings is 2. The first kappa shape index (κ1) is 23.4. The molecule has 2 aromatic carbocycles. The van der Waals surface area contributed by atoms with Gasteiger partial charge in [-0.2, -0.15) is 0 Å². The highest BCUT2D eigenvalue weighted by Gasteiger charge is 2.21. The molecule has 0 unspecified atom stereocenters. The van der Waals surface area contributed by atoms with Gasteiger partial charge in [0.15, 0.2) is 11.5 Å². The summed E-state index contributed by atoms with van der Waals surface area (Å²) in [5.41, 5.74) is 0.539. The summed E-state index contributed by atoms with van der Waals surface area (Å²) in [5, 5.41) is 2.73. The number of hydrogen-bond acceptors (Lipinski definition) is 5. The van der Waals surface area contributed by atoms with Crippen LogP contribution in [0, 0.1) is 11.6 Å². The molecule has 30 heavy (non-hydrogen) atoms. The number of ether oxygens (including phenoxy) is 2. The third-order valence-corrected chi connectivity index (χ3v) is 5.46. The zero-order chi connectivity index (χ0) is 22.3. The van der Waals surface area contributed by atoms with Crippen LogP contribution in [0.1, 0.15) is 18.4 Å². The second-order valence-corrected chi connectivity index (χ2v) is 8.41. The number of methoxy groups -OCH3 is 2. The van der Waals surface area contributed by atoms with Gasteiger partial charge in [-0.3, -0.25) is 9.10 Å². The lowest BCUT2D eigenvalue weighted by Gasteiger charge is -2.22. The van der Waals surface area contributed by atoms with E-state index in [4.69, 9.17) is 9.47 Å². The molecule has 0 fully saturated rings. The Morgan fingerprint density at radius 3 is 2.37 bits per heavy atom. The molecule has 0 radical (unpaired) electrons. The average molecular weight is 442 g/mol. The first-order chi connectivity index (χ1) is 14.2. The quantitative estimate of drug-likeness (QED) is 0.612. The highest BCUT2D eigenvalue weighted by atomic mass is 32.2. The van der Waals surface area contributed by atoms with Crippen LogP contribution in [0.2, 0.25) is 0 Å². The molecule has 0 aliphatic rings. The van der Waals surface area contributed by atoms with Gasteiger partial charge in [0.05, 0.1) is 26.2 Å². The van der Waals surface area contributed by atoms with Crippen LogP contribution in [0.25, 0.3) is 0 Å². The molecule has 1 amide bonds. The second-order valence-electron chi connectivity index (χ2n) is 6.50. The molecule has 0 aromatic heterocycles. The zero-order valence-electron chi connectivity index (χ0n) is 16.9. The van der Waals surface area contributed by atoms with Crippen LogP contribution < -0.4 is 19.1 Å². The van der Waals surface area contributed by atoms with Crippen molar-refractivity contribution in [1.29, 1.82) is 0 Å². The Balaban J connectivity index is 1.93. The number of halogens is 2. The molecule has 0 heterocycles. The standard InChI is InChI=1S/C20H24F2N2O5S/c1-28-18-9-6-14(11-19(18)29-2)13-23-20(25)5-4-10-24(30(3,26)27)17-8-7-15(21)12-16(17)22/h6-9,11-12H,4-5,10,13H2,1-3H3,(H,23,25). The van der Waals surface area contributed by atoms with Crippen LogP contribution in [0.5, 0.6) is 11.5 Å². The van der Waals surface area contributed by atoms with E-state index in [9.17, 15) is 22.0 Å². The van der Waals surface area contributed by atoms with Gasteiger partial charge in [0.25, 0.3) is 0 Å². The molecule has 0 atom stereocenters. The number of nitrogens with zero attached hydrogens (tertiary/aromatic N) is 1. The molecule has 0 spiro atoms. The zero-order valence-corrected chi connectivity index (χ0v) is 17.8. The van der Waals surface area contributed by atoms with Crippen LogP contribution in [0.3, 0.4) is 0 Å². The first-order valence-electron chi connectivity index (χ1n) is 9.06. The third-order valence-electron chi connectivity index (χ3n) is 4.28. The Bertz CT molecular complexity index is 999. The smallest absolute Gasteiger partial charge is 0.232 e. The Hall–Kier alpha value is -2.88. The summed E-state index contributed by atoms with van der Waals surface area (Å²) >= 11 is 0. The van der Waals surface area contributed by atoms with Gasteiger partial charge in [-0.25, -0.2) is 17.2 Å². The number of carbonyl (C=O) groups excluding carboxylic acids is 1. The van der Waals surface area contributed by atoms with Gasteiger partial charge in [-0.05, 0) is 36.2 Å². The van der Waals surface area contributed by atoms with Gasteiger partial charge in [-0.15, -0.1) is 0 Å². The predicted molar refractivity (Wildman–Crippen MR) is 109 cm³/mol. The number of anilines is 1. The number of hydrogen-bond donors (Lipinski definition) is 1. The van der Waals surface area contributed by atoms with Crippen molar-refractivity contribution in [1.82, 2.24) is 5.32 Å². The molecular formula is C20H24F2N2O5S. The third kappa shape index (κ3) is 6.31. The molecule has 1 N–H and O–H groups in total. The van der Waals surface area contributed by atoms with Crippen molar-refractivity contribution < 1.29 is 31.5 Å². The lowest BCUT2D eigenvalue weighted by atomic mass is 10.2. The van der Waals surface area contributed by atoms with Gasteiger partial charge >= 0.3 is 0 Å². The van der Waals surface area contributed by atoms with Gasteiger partial charge in [0.2, 0.25) is 15.9 Å². The molecule has 164 valence electrons. The molecule has 0 bridgehead atoms. The van der Waals surface area contributed by atoms with Gasteiger partial charge < -0.3 is 14.8 Å². The molecule has 0 saturated heterocycles. The maximum atomic E-state index is 14.0. The Morgan fingerprint density at radius 2 is 1.77 bits per heavy atom. The molecule has 2 aromatic rings. The van der Waals surface area contributed by atoms with E-state index in [0.29, 0.717) is 17.6 Å². The lowest BCUT2D eigenvalue weighted by Crippen LogP contribution is -2.32. The maximum absolute atomic E-state index is 14.0. The minimum Gasteiger partial charge on any atom is -0.493 e. The summed E-state index contributed by atoms with van der Waals surface area (Å²) in [4.78, 5) is 12.1. The largest absolute Gasteiger partial charge is 0.493 e. The van der Waals surface area contributed by atoms with Crippen molar-refractivity contribution in [2.75, 3.05) is 31.3 Å². The molecule has 7 nitrogen and oxygen atoms in total. The number of carbonyl (C=O) groups is 1. The molecule has 0 aliphatic carbocycles. The van der Waals surface area contributed by atoms with Gasteiger partial charge in [-0.1, -0.05) is 6.07 Å². The van der Waals surface area contributed by atoms with E-state index in [0.717, 1.165) is 28.3 Å². The highest BCUT2D eigenvalue weighted by Crippen LogP contribution is 2.27. The van der Waals surface area contributed by atoms with E-state index >= 15 is 0 Å². The van der Waals surface area contributed by atoms with Crippen molar-refractivity contribution in [2.45, 2.75) is 19.4 Å². The van der Waals surface area contributed by atoms with Crippen LogP contribution >= 0.6 is 0 Å². The minimum absolute atomic E-state index is 0.0299. The van der Waals surface area contributed by atoms with Crippen LogP contribution in [0.4, 0.5) is 14.5 Å². The Labute approximate surface area is 174 Å². The average Bonchev–Trinajstić information content (AvgIpc) is 2.69. The van der Waals surface area contributed by atoms with E-state index in [-0.39, 0.29) is 37.5 Å². The van der Waals surface area contributed by atoms with Crippen molar-refractivity contribution in [3.63, 3.8) is 0 Å². The highest BCUT2D eigenvalue weighted by molar-refractivity contribution is 7.92. The number of sulfonamides is 1. The number of amides is 1. The number of nitrogens with one attached hydrogen (secondary N) is 1. The summed E-state index contributed by atoms with van der Waals surface area (Å²) in [5.74, 6) is -0.980. The van der Waals surface area contributed by atoms with Gasteiger partial charge in [0, 0.05) is 25.6 Å². The number of rotatable bonds is 10. The van der Waals surface area contributed by atoms with E-state index in [1.807, 2.05) is 0 Å². The topological polar surface area (TPSA) is 84.9 Å². The first-order valence-corrected chi connectivity index (χ1v) is 10.9. The Morgan fingerprint density at radius 1 is 1.07 bits per heavy atom. The molecule has 0 aliphatic heterocycles. The van der Waals surface area contributed by atoms with Crippen LogP contribution in [-0.4, -0.2) is 41.3 Å². The maximum Gasteiger partial charge on any atom is 0.232 e. The Kier molecular flexibility index (Phi) is 7.99. The van der Waals surface area contributed by atoms with E-state index in [1.54, 1.807) is 18.2 Å². The van der Waals surface area contributed by atoms with Crippen molar-refractivity contribution in [3.8, 4) is 11.5 Å². The van der Waals surface area contributed by atoms with Gasteiger partial charge in [0.1, 0.15) is 11.6 Å². The normalized spacial score (nSPS) is 11.1. The molecule has 0 saturated carbocycles. The van der Waals surface area contributed by atoms with Crippen LogP contribution in [-0.2, 0) is 21.4 Å². The molecule has 2 rings (SSSR count). The van der Waals surface area contributed by atoms with E-state index < -0.39 is 21.7 Å². The fourth-order valence-electron chi connectivity index (χ4n) is 2.81. The van der Waals surface area contributed by atoms with E-state index in [1.165, 1.54) is 14.2 Å². The summed E-state index contributed by atoms with van der Waals surface area (Å²) in [6.45, 7) is 0.132. The van der Waals surface area contributed by atoms with Crippen molar-refractivity contribution in [3.05, 3.63) is 53.6 Å². The summed E-state index contributed by atoms with van der Waals surface area (Å²) in [7, 11) is -0.771. The van der Waals surface area contributed by atoms with Crippen LogP contribution in [0.15, 0.2) is 36.4 Å². The summed E-state index contributed by atoms with van der Waals surface area (Å²) in [6, 6.07) is 7.90. The second kappa shape index (κ2) is 10.2. The fourth-order valence-corrected chi connectivity index (χ4v) is 3.78. The van der Waals surface area contributed by atoms with Crippen molar-refractivity contribution in [2.24, 2.45) is 0 Å². The summed E-state index contributed by atoms with van der Waals surface area (Å²) < 4.78 is 62.3. The molecular weight excluding hydrogens is 418 g/mol. The van der Waals surface area contributed by atoms with E-state index in [2.05, 4.69) is 5.32 Å².